The topological polar surface area (TPSA) is 72.2 Å². The van der Waals surface area contributed by atoms with E-state index in [2.05, 4.69) is 17.4 Å². The molecule has 0 aliphatic carbocycles. The average Bonchev–Trinajstić information content (AvgIpc) is 2.55. The third-order valence-corrected chi connectivity index (χ3v) is 3.77. The molecule has 2 rings (SSSR count). The molecule has 2 aromatic rings. The lowest BCUT2D eigenvalue weighted by Gasteiger charge is -2.08. The fraction of sp³-hybridized carbons (Fsp3) is 0.278. The third-order valence-electron chi connectivity index (χ3n) is 3.77. The predicted octanol–water partition coefficient (Wildman–Crippen LogP) is 3.66. The van der Waals surface area contributed by atoms with Crippen LogP contribution in [-0.2, 0) is 6.42 Å². The van der Waals surface area contributed by atoms with Crippen molar-refractivity contribution in [2.24, 2.45) is 0 Å². The molecular weight excluding hydrogens is 292 g/mol. The molecule has 0 saturated carbocycles. The zero-order valence-corrected chi connectivity index (χ0v) is 13.1. The Labute approximate surface area is 135 Å². The van der Waals surface area contributed by atoms with Crippen LogP contribution >= 0.6 is 0 Å². The molecule has 0 atom stereocenters. The molecule has 5 heteroatoms. The lowest BCUT2D eigenvalue weighted by molar-refractivity contribution is -0.385. The summed E-state index contributed by atoms with van der Waals surface area (Å²) in [5, 5.41) is 13.7. The van der Waals surface area contributed by atoms with Crippen molar-refractivity contribution < 1.29 is 9.72 Å². The van der Waals surface area contributed by atoms with E-state index in [9.17, 15) is 14.9 Å². The summed E-state index contributed by atoms with van der Waals surface area (Å²) in [7, 11) is 0. The first kappa shape index (κ1) is 16.7. The number of nitro benzene ring substituents is 1. The molecule has 2 aromatic carbocycles. The van der Waals surface area contributed by atoms with Crippen LogP contribution in [0.3, 0.4) is 0 Å². The van der Waals surface area contributed by atoms with Gasteiger partial charge in [-0.25, -0.2) is 0 Å². The van der Waals surface area contributed by atoms with Crippen molar-refractivity contribution in [1.29, 1.82) is 0 Å². The van der Waals surface area contributed by atoms with Gasteiger partial charge in [-0.1, -0.05) is 36.4 Å². The second kappa shape index (κ2) is 8.08. The van der Waals surface area contributed by atoms with E-state index in [-0.39, 0.29) is 11.6 Å². The van der Waals surface area contributed by atoms with Crippen LogP contribution in [0, 0.1) is 17.0 Å². The summed E-state index contributed by atoms with van der Waals surface area (Å²) in [4.78, 5) is 22.6. The standard InChI is InChI=1S/C18H20N2O3/c1-14-16(11-7-12-17(14)20(22)23)18(21)19-13-6-5-10-15-8-3-2-4-9-15/h2-4,7-9,11-12H,5-6,10,13H2,1H3,(H,19,21). The number of nitrogens with one attached hydrogen (secondary N) is 1. The summed E-state index contributed by atoms with van der Waals surface area (Å²) in [6.45, 7) is 2.16. The molecule has 0 saturated heterocycles. The molecule has 0 heterocycles. The predicted molar refractivity (Wildman–Crippen MR) is 89.5 cm³/mol. The van der Waals surface area contributed by atoms with Crippen molar-refractivity contribution in [2.75, 3.05) is 6.54 Å². The van der Waals surface area contributed by atoms with Crippen molar-refractivity contribution in [3.8, 4) is 0 Å². The number of hydrogen-bond donors (Lipinski definition) is 1. The van der Waals surface area contributed by atoms with Crippen molar-refractivity contribution in [2.45, 2.75) is 26.2 Å². The van der Waals surface area contributed by atoms with Gasteiger partial charge in [0.1, 0.15) is 0 Å². The number of rotatable bonds is 7. The van der Waals surface area contributed by atoms with Gasteiger partial charge in [0, 0.05) is 23.7 Å². The summed E-state index contributed by atoms with van der Waals surface area (Å²) >= 11 is 0. The molecule has 1 N–H and O–H groups in total. The number of hydrogen-bond acceptors (Lipinski definition) is 3. The van der Waals surface area contributed by atoms with Gasteiger partial charge in [-0.05, 0) is 37.8 Å². The number of carbonyl (C=O) groups excluding carboxylic acids is 1. The molecule has 120 valence electrons. The normalized spacial score (nSPS) is 10.3. The van der Waals surface area contributed by atoms with E-state index in [1.807, 2.05) is 18.2 Å². The monoisotopic (exact) mass is 312 g/mol. The second-order valence-corrected chi connectivity index (χ2v) is 5.41. The Hall–Kier alpha value is -2.69. The summed E-state index contributed by atoms with van der Waals surface area (Å²) in [6.07, 6.45) is 2.83. The highest BCUT2D eigenvalue weighted by Crippen LogP contribution is 2.20. The van der Waals surface area contributed by atoms with E-state index in [1.54, 1.807) is 13.0 Å². The number of amides is 1. The minimum Gasteiger partial charge on any atom is -0.352 e. The third kappa shape index (κ3) is 4.64. The maximum Gasteiger partial charge on any atom is 0.273 e. The van der Waals surface area contributed by atoms with Gasteiger partial charge in [-0.3, -0.25) is 14.9 Å². The number of aryl methyl sites for hydroxylation is 1. The summed E-state index contributed by atoms with van der Waals surface area (Å²) in [5.74, 6) is -0.258. The molecule has 0 aliphatic rings. The summed E-state index contributed by atoms with van der Waals surface area (Å²) in [5.41, 5.74) is 2.02. The molecule has 0 aliphatic heterocycles. The van der Waals surface area contributed by atoms with E-state index in [0.29, 0.717) is 17.7 Å². The first-order valence-corrected chi connectivity index (χ1v) is 7.65. The highest BCUT2D eigenvalue weighted by atomic mass is 16.6. The van der Waals surface area contributed by atoms with Gasteiger partial charge < -0.3 is 5.32 Å². The van der Waals surface area contributed by atoms with Crippen LogP contribution in [-0.4, -0.2) is 17.4 Å². The van der Waals surface area contributed by atoms with E-state index in [4.69, 9.17) is 0 Å². The van der Waals surface area contributed by atoms with Crippen molar-refractivity contribution in [3.05, 3.63) is 75.3 Å². The van der Waals surface area contributed by atoms with Crippen molar-refractivity contribution >= 4 is 11.6 Å². The van der Waals surface area contributed by atoms with Crippen LogP contribution in [0.25, 0.3) is 0 Å². The zero-order valence-electron chi connectivity index (χ0n) is 13.1. The largest absolute Gasteiger partial charge is 0.352 e. The van der Waals surface area contributed by atoms with Crippen LogP contribution in [0.5, 0.6) is 0 Å². The SMILES string of the molecule is Cc1c(C(=O)NCCCCc2ccccc2)cccc1[N+](=O)[O-]. The van der Waals surface area contributed by atoms with E-state index >= 15 is 0 Å². The number of nitrogens with zero attached hydrogens (tertiary/aromatic N) is 1. The Bertz CT molecular complexity index is 684. The first-order valence-electron chi connectivity index (χ1n) is 7.65. The van der Waals surface area contributed by atoms with E-state index in [1.165, 1.54) is 17.7 Å². The fourth-order valence-corrected chi connectivity index (χ4v) is 2.46. The Kier molecular flexibility index (Phi) is 5.86. The van der Waals surface area contributed by atoms with Gasteiger partial charge in [0.25, 0.3) is 11.6 Å². The van der Waals surface area contributed by atoms with Gasteiger partial charge in [0.15, 0.2) is 0 Å². The van der Waals surface area contributed by atoms with Gasteiger partial charge >= 0.3 is 0 Å². The average molecular weight is 312 g/mol. The Morgan fingerprint density at radius 1 is 1.09 bits per heavy atom. The Morgan fingerprint density at radius 3 is 2.52 bits per heavy atom. The van der Waals surface area contributed by atoms with Crippen LogP contribution in [0.2, 0.25) is 0 Å². The highest BCUT2D eigenvalue weighted by molar-refractivity contribution is 5.96. The number of nitro groups is 1. The van der Waals surface area contributed by atoms with Gasteiger partial charge in [-0.15, -0.1) is 0 Å². The molecule has 0 fully saturated rings. The first-order chi connectivity index (χ1) is 11.1. The summed E-state index contributed by atoms with van der Waals surface area (Å²) in [6, 6.07) is 14.8. The Morgan fingerprint density at radius 2 is 1.83 bits per heavy atom. The fourth-order valence-electron chi connectivity index (χ4n) is 2.46. The van der Waals surface area contributed by atoms with Gasteiger partial charge in [0.05, 0.1) is 4.92 Å². The maximum absolute atomic E-state index is 12.1. The number of benzene rings is 2. The van der Waals surface area contributed by atoms with Crippen molar-refractivity contribution in [1.82, 2.24) is 5.32 Å². The summed E-state index contributed by atoms with van der Waals surface area (Å²) < 4.78 is 0. The molecule has 0 radical (unpaired) electrons. The lowest BCUT2D eigenvalue weighted by Crippen LogP contribution is -2.25. The molecular formula is C18H20N2O3. The Balaban J connectivity index is 1.81. The quantitative estimate of drug-likeness (QED) is 0.482. The van der Waals surface area contributed by atoms with Crippen LogP contribution in [0.1, 0.15) is 34.3 Å². The number of unbranched alkanes of at least 4 members (excludes halogenated alkanes) is 1. The van der Waals surface area contributed by atoms with E-state index < -0.39 is 4.92 Å². The van der Waals surface area contributed by atoms with E-state index in [0.717, 1.165) is 19.3 Å². The van der Waals surface area contributed by atoms with Crippen LogP contribution in [0.4, 0.5) is 5.69 Å². The minimum atomic E-state index is -0.466. The molecule has 0 aromatic heterocycles. The smallest absolute Gasteiger partial charge is 0.273 e. The minimum absolute atomic E-state index is 0.0262. The van der Waals surface area contributed by atoms with Crippen LogP contribution < -0.4 is 5.32 Å². The molecule has 5 nitrogen and oxygen atoms in total. The second-order valence-electron chi connectivity index (χ2n) is 5.41. The molecule has 23 heavy (non-hydrogen) atoms. The molecule has 0 unspecified atom stereocenters. The maximum atomic E-state index is 12.1. The molecule has 0 bridgehead atoms. The van der Waals surface area contributed by atoms with Crippen LogP contribution in [0.15, 0.2) is 48.5 Å². The van der Waals surface area contributed by atoms with Crippen molar-refractivity contribution in [3.63, 3.8) is 0 Å². The van der Waals surface area contributed by atoms with Gasteiger partial charge in [-0.2, -0.15) is 0 Å². The molecule has 1 amide bonds. The zero-order chi connectivity index (χ0) is 16.7. The molecule has 0 spiro atoms. The highest BCUT2D eigenvalue weighted by Gasteiger charge is 2.17. The number of carbonyl (C=O) groups is 1. The van der Waals surface area contributed by atoms with Gasteiger partial charge in [0.2, 0.25) is 0 Å². The lowest BCUT2D eigenvalue weighted by atomic mass is 10.1.